The van der Waals surface area contributed by atoms with E-state index in [1.165, 1.54) is 0 Å². The monoisotopic (exact) mass is 367 g/mol. The highest BCUT2D eigenvalue weighted by Crippen LogP contribution is 2.23. The number of pyridine rings is 1. The topological polar surface area (TPSA) is 77.2 Å². The number of amides is 1. The van der Waals surface area contributed by atoms with Gasteiger partial charge in [0.05, 0.1) is 24.4 Å². The van der Waals surface area contributed by atoms with Crippen LogP contribution in [0.4, 0.5) is 10.1 Å². The smallest absolute Gasteiger partial charge is 0.254 e. The van der Waals surface area contributed by atoms with Crippen LogP contribution in [0.1, 0.15) is 28.9 Å². The van der Waals surface area contributed by atoms with Gasteiger partial charge < -0.3 is 15.8 Å². The molecule has 1 heterocycles. The molecule has 0 spiro atoms. The molecule has 0 bridgehead atoms. The number of carbonyl (C=O) groups is 1. The molecule has 0 saturated carbocycles. The second-order valence-corrected chi connectivity index (χ2v) is 5.42. The van der Waals surface area contributed by atoms with Crippen molar-refractivity contribution < 1.29 is 13.9 Å². The number of halogens is 2. The van der Waals surface area contributed by atoms with Crippen LogP contribution in [0.25, 0.3) is 0 Å². The molecule has 7 heteroatoms. The molecule has 0 aliphatic heterocycles. The predicted molar refractivity (Wildman–Crippen MR) is 85.2 cm³/mol. The summed E-state index contributed by atoms with van der Waals surface area (Å²) >= 11 is 3.02. The molecule has 116 valence electrons. The van der Waals surface area contributed by atoms with E-state index in [9.17, 15) is 9.18 Å². The average molecular weight is 368 g/mol. The van der Waals surface area contributed by atoms with Gasteiger partial charge in [0, 0.05) is 6.07 Å². The number of anilines is 1. The van der Waals surface area contributed by atoms with Crippen LogP contribution in [0.15, 0.2) is 34.9 Å². The van der Waals surface area contributed by atoms with E-state index in [1.807, 2.05) is 19.1 Å². The summed E-state index contributed by atoms with van der Waals surface area (Å²) in [6.45, 7) is 1.82. The van der Waals surface area contributed by atoms with E-state index >= 15 is 0 Å². The van der Waals surface area contributed by atoms with Crippen molar-refractivity contribution in [3.8, 4) is 5.75 Å². The van der Waals surface area contributed by atoms with Gasteiger partial charge in [-0.2, -0.15) is 4.39 Å². The Hall–Kier alpha value is -2.15. The summed E-state index contributed by atoms with van der Waals surface area (Å²) in [5, 5.41) is 2.77. The van der Waals surface area contributed by atoms with Crippen molar-refractivity contribution in [3.05, 3.63) is 52.0 Å². The standard InChI is InChI=1S/C15H15BrFN3O2/c1-8(9-3-5-10(22-2)6-4-9)19-15(21)11-7-12(17)20-14(16)13(11)18/h3-8H,18H2,1-2H3,(H,19,21)/t8-/m1/s1. The molecule has 5 nitrogen and oxygen atoms in total. The summed E-state index contributed by atoms with van der Waals surface area (Å²) in [5.74, 6) is -0.516. The number of carbonyl (C=O) groups excluding carboxylic acids is 1. The van der Waals surface area contributed by atoms with Gasteiger partial charge in [0.25, 0.3) is 5.91 Å². The lowest BCUT2D eigenvalue weighted by molar-refractivity contribution is 0.0940. The van der Waals surface area contributed by atoms with E-state index in [1.54, 1.807) is 19.2 Å². The first-order valence-electron chi connectivity index (χ1n) is 6.48. The van der Waals surface area contributed by atoms with E-state index in [4.69, 9.17) is 10.5 Å². The molecular formula is C15H15BrFN3O2. The Balaban J connectivity index is 2.17. The Kier molecular flexibility index (Phi) is 4.97. The highest BCUT2D eigenvalue weighted by molar-refractivity contribution is 9.10. The number of rotatable bonds is 4. The average Bonchev–Trinajstić information content (AvgIpc) is 2.50. The summed E-state index contributed by atoms with van der Waals surface area (Å²) in [6.07, 6.45) is 0. The zero-order chi connectivity index (χ0) is 16.3. The van der Waals surface area contributed by atoms with Crippen LogP contribution in [0.2, 0.25) is 0 Å². The number of hydrogen-bond donors (Lipinski definition) is 2. The summed E-state index contributed by atoms with van der Waals surface area (Å²) < 4.78 is 18.5. The normalized spacial score (nSPS) is 11.8. The number of nitrogens with two attached hydrogens (primary N) is 1. The maximum atomic E-state index is 13.3. The third-order valence-corrected chi connectivity index (χ3v) is 3.79. The lowest BCUT2D eigenvalue weighted by Crippen LogP contribution is -2.27. The largest absolute Gasteiger partial charge is 0.497 e. The molecule has 22 heavy (non-hydrogen) atoms. The summed E-state index contributed by atoms with van der Waals surface area (Å²) in [6, 6.07) is 8.03. The maximum absolute atomic E-state index is 13.3. The SMILES string of the molecule is COc1ccc([C@@H](C)NC(=O)c2cc(F)nc(Br)c2N)cc1. The zero-order valence-electron chi connectivity index (χ0n) is 12.1. The first-order chi connectivity index (χ1) is 10.4. The quantitative estimate of drug-likeness (QED) is 0.814. The van der Waals surface area contributed by atoms with E-state index < -0.39 is 11.9 Å². The number of methoxy groups -OCH3 is 1. The molecule has 1 aromatic carbocycles. The molecule has 0 unspecified atom stereocenters. The van der Waals surface area contributed by atoms with Gasteiger partial charge >= 0.3 is 0 Å². The minimum Gasteiger partial charge on any atom is -0.497 e. The van der Waals surface area contributed by atoms with Crippen LogP contribution in [0.5, 0.6) is 5.75 Å². The van der Waals surface area contributed by atoms with Gasteiger partial charge in [-0.3, -0.25) is 4.79 Å². The van der Waals surface area contributed by atoms with Crippen molar-refractivity contribution in [2.24, 2.45) is 0 Å². The van der Waals surface area contributed by atoms with Crippen molar-refractivity contribution in [3.63, 3.8) is 0 Å². The molecule has 2 rings (SSSR count). The van der Waals surface area contributed by atoms with Gasteiger partial charge in [0.2, 0.25) is 5.95 Å². The lowest BCUT2D eigenvalue weighted by atomic mass is 10.1. The summed E-state index contributed by atoms with van der Waals surface area (Å²) in [7, 11) is 1.58. The lowest BCUT2D eigenvalue weighted by Gasteiger charge is -2.16. The van der Waals surface area contributed by atoms with Gasteiger partial charge in [-0.05, 0) is 40.5 Å². The molecule has 0 fully saturated rings. The minimum absolute atomic E-state index is 0.0414. The van der Waals surface area contributed by atoms with Gasteiger partial charge in [-0.15, -0.1) is 0 Å². The molecule has 0 saturated heterocycles. The van der Waals surface area contributed by atoms with Crippen LogP contribution < -0.4 is 15.8 Å². The third kappa shape index (κ3) is 3.54. The van der Waals surface area contributed by atoms with Gasteiger partial charge in [0.15, 0.2) is 0 Å². The highest BCUT2D eigenvalue weighted by Gasteiger charge is 2.17. The molecule has 1 atom stereocenters. The van der Waals surface area contributed by atoms with Gasteiger partial charge in [-0.1, -0.05) is 12.1 Å². The molecule has 0 radical (unpaired) electrons. The first kappa shape index (κ1) is 16.2. The van der Waals surface area contributed by atoms with E-state index in [-0.39, 0.29) is 21.9 Å². The minimum atomic E-state index is -0.775. The number of hydrogen-bond acceptors (Lipinski definition) is 4. The fourth-order valence-corrected chi connectivity index (χ4v) is 2.32. The fourth-order valence-electron chi connectivity index (χ4n) is 1.93. The van der Waals surface area contributed by atoms with Gasteiger partial charge in [-0.25, -0.2) is 4.98 Å². The van der Waals surface area contributed by atoms with Crippen molar-refractivity contribution in [1.82, 2.24) is 10.3 Å². The van der Waals surface area contributed by atoms with Crippen LogP contribution in [-0.2, 0) is 0 Å². The number of nitrogen functional groups attached to an aromatic ring is 1. The summed E-state index contributed by atoms with van der Waals surface area (Å²) in [5.41, 5.74) is 6.78. The molecule has 0 aliphatic carbocycles. The first-order valence-corrected chi connectivity index (χ1v) is 7.28. The molecule has 1 amide bonds. The fraction of sp³-hybridized carbons (Fsp3) is 0.200. The van der Waals surface area contributed by atoms with Crippen LogP contribution in [0.3, 0.4) is 0 Å². The molecule has 3 N–H and O–H groups in total. The highest BCUT2D eigenvalue weighted by atomic mass is 79.9. The van der Waals surface area contributed by atoms with Gasteiger partial charge in [0.1, 0.15) is 10.4 Å². The van der Waals surface area contributed by atoms with Crippen LogP contribution in [-0.4, -0.2) is 18.0 Å². The van der Waals surface area contributed by atoms with Crippen molar-refractivity contribution in [1.29, 1.82) is 0 Å². The van der Waals surface area contributed by atoms with Crippen molar-refractivity contribution in [2.75, 3.05) is 12.8 Å². The third-order valence-electron chi connectivity index (χ3n) is 3.19. The number of benzene rings is 1. The van der Waals surface area contributed by atoms with E-state index in [0.717, 1.165) is 17.4 Å². The Bertz CT molecular complexity index is 692. The van der Waals surface area contributed by atoms with Crippen LogP contribution in [0, 0.1) is 5.95 Å². The van der Waals surface area contributed by atoms with Crippen molar-refractivity contribution in [2.45, 2.75) is 13.0 Å². The predicted octanol–water partition coefficient (Wildman–Crippen LogP) is 3.07. The number of aromatic nitrogens is 1. The molecular weight excluding hydrogens is 353 g/mol. The molecule has 0 aliphatic rings. The number of ether oxygens (including phenoxy) is 1. The Morgan fingerprint density at radius 2 is 2.05 bits per heavy atom. The Morgan fingerprint density at radius 1 is 1.41 bits per heavy atom. The zero-order valence-corrected chi connectivity index (χ0v) is 13.6. The number of nitrogens with one attached hydrogen (secondary N) is 1. The second-order valence-electron chi connectivity index (χ2n) is 4.67. The summed E-state index contributed by atoms with van der Waals surface area (Å²) in [4.78, 5) is 15.7. The van der Waals surface area contributed by atoms with E-state index in [0.29, 0.717) is 0 Å². The van der Waals surface area contributed by atoms with E-state index in [2.05, 4.69) is 26.2 Å². The second kappa shape index (κ2) is 6.74. The maximum Gasteiger partial charge on any atom is 0.254 e. The van der Waals surface area contributed by atoms with Crippen LogP contribution >= 0.6 is 15.9 Å². The number of nitrogens with zero attached hydrogens (tertiary/aromatic N) is 1. The molecule has 1 aromatic heterocycles. The molecule has 2 aromatic rings. The Labute approximate surface area is 135 Å². The van der Waals surface area contributed by atoms with Crippen molar-refractivity contribution >= 4 is 27.5 Å². The Morgan fingerprint density at radius 3 is 2.64 bits per heavy atom.